The maximum absolute atomic E-state index is 10.2. The molecule has 0 aromatic rings. The molecule has 0 fully saturated rings. The monoisotopic (exact) mass is 600 g/mol. The molecule has 0 aromatic carbocycles. The number of carbonyl (C=O) groups is 5. The molecule has 0 saturated carbocycles. The van der Waals surface area contributed by atoms with Gasteiger partial charge in [-0.05, 0) is 44.1 Å². The van der Waals surface area contributed by atoms with Crippen LogP contribution in [-0.2, 0) is 24.0 Å². The van der Waals surface area contributed by atoms with Gasteiger partial charge in [-0.25, -0.2) is 0 Å². The van der Waals surface area contributed by atoms with Gasteiger partial charge in [0.1, 0.15) is 30.2 Å². The summed E-state index contributed by atoms with van der Waals surface area (Å²) in [5.41, 5.74) is 30.8. The second-order valence-electron chi connectivity index (χ2n) is 9.82. The van der Waals surface area contributed by atoms with Crippen LogP contribution in [0, 0.1) is 17.8 Å². The van der Waals surface area contributed by atoms with Crippen molar-refractivity contribution in [2.75, 3.05) is 6.54 Å². The number of nitrogens with two attached hydrogens (primary N) is 6. The van der Waals surface area contributed by atoms with E-state index in [-0.39, 0.29) is 17.8 Å². The van der Waals surface area contributed by atoms with Crippen molar-refractivity contribution < 1.29 is 49.5 Å². The number of carboxylic acids is 5. The molecule has 0 amide bonds. The molecule has 0 rings (SSSR count). The summed E-state index contributed by atoms with van der Waals surface area (Å²) >= 11 is 0. The predicted molar refractivity (Wildman–Crippen MR) is 156 cm³/mol. The molecule has 6 atom stereocenters. The van der Waals surface area contributed by atoms with Gasteiger partial charge in [-0.15, -0.1) is 0 Å². The molecule has 16 heteroatoms. The fourth-order valence-corrected chi connectivity index (χ4v) is 1.70. The zero-order valence-electron chi connectivity index (χ0n) is 25.4. The molecular weight excluding hydrogens is 544 g/mol. The summed E-state index contributed by atoms with van der Waals surface area (Å²) in [5.74, 6) is -4.56. The topological polar surface area (TPSA) is 343 Å². The third kappa shape index (κ3) is 35.1. The highest BCUT2D eigenvalue weighted by molar-refractivity contribution is 5.74. The molecule has 246 valence electrons. The Balaban J connectivity index is -0.000000133. The molecule has 41 heavy (non-hydrogen) atoms. The van der Waals surface area contributed by atoms with E-state index >= 15 is 0 Å². The largest absolute Gasteiger partial charge is 0.480 e. The number of hydrogen-bond acceptors (Lipinski definition) is 11. The summed E-state index contributed by atoms with van der Waals surface area (Å²) in [6.45, 7) is 12.9. The Bertz CT molecular complexity index is 699. The fraction of sp³-hybridized carbons (Fsp3) is 0.800. The minimum absolute atomic E-state index is 0.0208. The van der Waals surface area contributed by atoms with E-state index in [1.54, 1.807) is 27.7 Å². The first-order chi connectivity index (χ1) is 18.5. The Morgan fingerprint density at radius 3 is 1.00 bits per heavy atom. The van der Waals surface area contributed by atoms with Crippen molar-refractivity contribution in [3.63, 3.8) is 0 Å². The van der Waals surface area contributed by atoms with E-state index in [9.17, 15) is 24.0 Å². The van der Waals surface area contributed by atoms with E-state index in [1.165, 1.54) is 6.92 Å². The molecule has 16 nitrogen and oxygen atoms in total. The first-order valence-corrected chi connectivity index (χ1v) is 13.1. The normalized spacial score (nSPS) is 14.3. The minimum atomic E-state index is -0.963. The molecule has 0 aromatic heterocycles. The van der Waals surface area contributed by atoms with Gasteiger partial charge < -0.3 is 59.9 Å². The zero-order valence-corrected chi connectivity index (χ0v) is 25.4. The highest BCUT2D eigenvalue weighted by Gasteiger charge is 2.17. The van der Waals surface area contributed by atoms with Gasteiger partial charge in [0.25, 0.3) is 0 Å². The highest BCUT2D eigenvalue weighted by atomic mass is 16.4. The fourth-order valence-electron chi connectivity index (χ4n) is 1.70. The second kappa shape index (κ2) is 28.6. The van der Waals surface area contributed by atoms with Crippen molar-refractivity contribution in [3.05, 3.63) is 0 Å². The predicted octanol–water partition coefficient (Wildman–Crippen LogP) is -0.501. The summed E-state index contributed by atoms with van der Waals surface area (Å²) in [7, 11) is 0. The van der Waals surface area contributed by atoms with E-state index in [0.717, 1.165) is 19.3 Å². The van der Waals surface area contributed by atoms with Gasteiger partial charge in [0.05, 0.1) is 0 Å². The first-order valence-electron chi connectivity index (χ1n) is 13.1. The lowest BCUT2D eigenvalue weighted by molar-refractivity contribution is -0.140. The number of hydrogen-bond donors (Lipinski definition) is 11. The second-order valence-corrected chi connectivity index (χ2v) is 9.82. The highest BCUT2D eigenvalue weighted by Crippen LogP contribution is 2.04. The van der Waals surface area contributed by atoms with Gasteiger partial charge in [-0.3, -0.25) is 24.0 Å². The average molecular weight is 601 g/mol. The van der Waals surface area contributed by atoms with E-state index in [1.807, 2.05) is 13.8 Å². The molecule has 0 bridgehead atoms. The molecule has 0 heterocycles. The molecule has 0 unspecified atom stereocenters. The van der Waals surface area contributed by atoms with Crippen molar-refractivity contribution in [1.82, 2.24) is 0 Å². The number of rotatable bonds is 13. The van der Waals surface area contributed by atoms with Crippen molar-refractivity contribution in [3.8, 4) is 0 Å². The van der Waals surface area contributed by atoms with Gasteiger partial charge >= 0.3 is 29.8 Å². The van der Waals surface area contributed by atoms with Crippen LogP contribution in [0.1, 0.15) is 74.1 Å². The standard InChI is InChI=1S/C6H14N2O2.C6H13NO2.2C5H11NO2.C3H7NO2/c7-4-2-1-3-5(8)6(9)10;1-3-4(2)5(7)6(8)9;2*1-3(2)4(6)5(7)8;1-2(4)3(5)6/h5H,1-4,7-8H2,(H,9,10);4-5H,3,7H2,1-2H3,(H,8,9);2*3-4H,6H2,1-2H3,(H,7,8);2H,4H2,1H3,(H,5,6)/t5-;4-,5-;2*4-;2-/m00000/s1. The number of aliphatic carboxylic acids is 5. The Labute approximate surface area is 242 Å². The summed E-state index contributed by atoms with van der Waals surface area (Å²) in [6.07, 6.45) is 2.98. The molecule has 0 aliphatic carbocycles. The summed E-state index contributed by atoms with van der Waals surface area (Å²) in [6, 6.07) is -3.57. The van der Waals surface area contributed by atoms with Gasteiger partial charge in [0.2, 0.25) is 0 Å². The number of carboxylic acid groups (broad SMARTS) is 5. The van der Waals surface area contributed by atoms with E-state index in [4.69, 9.17) is 59.9 Å². The Morgan fingerprint density at radius 1 is 0.561 bits per heavy atom. The molecule has 0 spiro atoms. The van der Waals surface area contributed by atoms with Crippen LogP contribution in [0.4, 0.5) is 0 Å². The van der Waals surface area contributed by atoms with Crippen molar-refractivity contribution >= 4 is 29.8 Å². The molecule has 0 aliphatic rings. The van der Waals surface area contributed by atoms with Crippen molar-refractivity contribution in [2.45, 2.75) is 104 Å². The third-order valence-electron chi connectivity index (χ3n) is 5.22. The lowest BCUT2D eigenvalue weighted by Gasteiger charge is -2.11. The zero-order chi connectivity index (χ0) is 34.0. The van der Waals surface area contributed by atoms with Gasteiger partial charge in [0, 0.05) is 0 Å². The van der Waals surface area contributed by atoms with E-state index < -0.39 is 60.1 Å². The molecule has 0 saturated heterocycles. The van der Waals surface area contributed by atoms with Crippen LogP contribution in [0.15, 0.2) is 0 Å². The van der Waals surface area contributed by atoms with Crippen LogP contribution in [0.2, 0.25) is 0 Å². The van der Waals surface area contributed by atoms with Crippen LogP contribution >= 0.6 is 0 Å². The third-order valence-corrected chi connectivity index (χ3v) is 5.22. The van der Waals surface area contributed by atoms with E-state index in [2.05, 4.69) is 0 Å². The van der Waals surface area contributed by atoms with Crippen LogP contribution in [0.25, 0.3) is 0 Å². The Kier molecular flexibility index (Phi) is 33.4. The summed E-state index contributed by atoms with van der Waals surface area (Å²) in [4.78, 5) is 49.9. The average Bonchev–Trinajstić information content (AvgIpc) is 2.87. The van der Waals surface area contributed by atoms with E-state index in [0.29, 0.717) is 13.0 Å². The van der Waals surface area contributed by atoms with Gasteiger partial charge in [-0.1, -0.05) is 54.4 Å². The van der Waals surface area contributed by atoms with Crippen molar-refractivity contribution in [1.29, 1.82) is 0 Å². The number of unbranched alkanes of at least 4 members (excludes halogenated alkanes) is 1. The van der Waals surface area contributed by atoms with Gasteiger partial charge in [-0.2, -0.15) is 0 Å². The maximum Gasteiger partial charge on any atom is 0.320 e. The van der Waals surface area contributed by atoms with Crippen molar-refractivity contribution in [2.24, 2.45) is 52.2 Å². The van der Waals surface area contributed by atoms with Crippen LogP contribution in [0.3, 0.4) is 0 Å². The molecule has 17 N–H and O–H groups in total. The van der Waals surface area contributed by atoms with Crippen LogP contribution in [-0.4, -0.2) is 92.1 Å². The molecular formula is C25H56N6O10. The quantitative estimate of drug-likeness (QED) is 0.119. The summed E-state index contributed by atoms with van der Waals surface area (Å²) in [5, 5.41) is 41.0. The summed E-state index contributed by atoms with van der Waals surface area (Å²) < 4.78 is 0. The minimum Gasteiger partial charge on any atom is -0.480 e. The lowest BCUT2D eigenvalue weighted by Crippen LogP contribution is -2.36. The Hall–Kier alpha value is -2.89. The van der Waals surface area contributed by atoms with Crippen LogP contribution < -0.4 is 34.4 Å². The first kappa shape index (κ1) is 47.9. The lowest BCUT2D eigenvalue weighted by atomic mass is 10.0. The maximum atomic E-state index is 10.2. The Morgan fingerprint density at radius 2 is 0.878 bits per heavy atom. The van der Waals surface area contributed by atoms with Crippen LogP contribution in [0.5, 0.6) is 0 Å². The van der Waals surface area contributed by atoms with Gasteiger partial charge in [0.15, 0.2) is 0 Å². The molecule has 0 aliphatic heterocycles. The SMILES string of the molecule is CC(C)[C@H](N)C(=O)O.CC(C)[C@H](N)C(=O)O.CC[C@H](C)[C@H](N)C(=O)O.C[C@H](N)C(=O)O.NCCCC[C@H](N)C(=O)O. The molecule has 0 radical (unpaired) electrons. The smallest absolute Gasteiger partial charge is 0.320 e.